The van der Waals surface area contributed by atoms with Gasteiger partial charge < -0.3 is 5.32 Å². The lowest BCUT2D eigenvalue weighted by Gasteiger charge is -2.10. The van der Waals surface area contributed by atoms with Crippen molar-refractivity contribution in [3.05, 3.63) is 70.1 Å². The highest BCUT2D eigenvalue weighted by molar-refractivity contribution is 8.40. The zero-order chi connectivity index (χ0) is 17.2. The minimum Gasteiger partial charge on any atom is -0.384 e. The molecule has 5 heteroatoms. The van der Waals surface area contributed by atoms with Crippen LogP contribution in [0.3, 0.4) is 0 Å². The first-order valence-electron chi connectivity index (χ1n) is 8.21. The van der Waals surface area contributed by atoms with Gasteiger partial charge in [-0.05, 0) is 41.5 Å². The molecule has 1 unspecified atom stereocenters. The van der Waals surface area contributed by atoms with Crippen molar-refractivity contribution in [1.82, 2.24) is 0 Å². The molecule has 0 fully saturated rings. The Balaban J connectivity index is 1.46. The topological polar surface area (TPSA) is 41.5 Å². The molecule has 0 spiro atoms. The molecular formula is C20H18N2OS2. The number of para-hydroxylation sites is 1. The summed E-state index contributed by atoms with van der Waals surface area (Å²) in [6.07, 6.45) is 4.89. The molecule has 0 aliphatic carbocycles. The van der Waals surface area contributed by atoms with Crippen molar-refractivity contribution in [2.75, 3.05) is 18.1 Å². The summed E-state index contributed by atoms with van der Waals surface area (Å²) in [6.45, 7) is 0.991. The van der Waals surface area contributed by atoms with Crippen LogP contribution in [-0.2, 0) is 11.2 Å². The van der Waals surface area contributed by atoms with E-state index in [4.69, 9.17) is 0 Å². The Morgan fingerprint density at radius 1 is 1.24 bits per heavy atom. The summed E-state index contributed by atoms with van der Waals surface area (Å²) in [6, 6.07) is 17.0. The summed E-state index contributed by atoms with van der Waals surface area (Å²) >= 11 is 2.96. The van der Waals surface area contributed by atoms with Crippen LogP contribution in [0.5, 0.6) is 0 Å². The van der Waals surface area contributed by atoms with Gasteiger partial charge in [0.2, 0.25) is 0 Å². The van der Waals surface area contributed by atoms with Crippen LogP contribution in [0, 0.1) is 0 Å². The summed E-state index contributed by atoms with van der Waals surface area (Å²) in [7, 11) is 0. The van der Waals surface area contributed by atoms with Crippen LogP contribution in [0.2, 0.25) is 0 Å². The van der Waals surface area contributed by atoms with Crippen molar-refractivity contribution in [1.29, 1.82) is 0 Å². The summed E-state index contributed by atoms with van der Waals surface area (Å²) in [4.78, 5) is 16.6. The van der Waals surface area contributed by atoms with E-state index in [-0.39, 0.29) is 5.91 Å². The predicted molar refractivity (Wildman–Crippen MR) is 109 cm³/mol. The molecule has 0 bridgehead atoms. The average molecular weight is 367 g/mol. The maximum atomic E-state index is 11.9. The fourth-order valence-electron chi connectivity index (χ4n) is 3.20. The van der Waals surface area contributed by atoms with E-state index in [1.165, 1.54) is 40.3 Å². The number of carbonyl (C=O) groups excluding carboxylic acids is 1. The van der Waals surface area contributed by atoms with Gasteiger partial charge >= 0.3 is 0 Å². The number of fused-ring (bicyclic) bond motifs is 1. The van der Waals surface area contributed by atoms with E-state index >= 15 is 0 Å². The molecule has 3 nitrogen and oxygen atoms in total. The fraction of sp³-hybridized carbons (Fsp3) is 0.200. The zero-order valence-corrected chi connectivity index (χ0v) is 15.5. The molecule has 0 aromatic heterocycles. The number of carbonyl (C=O) groups is 1. The van der Waals surface area contributed by atoms with Gasteiger partial charge in [0.15, 0.2) is 0 Å². The largest absolute Gasteiger partial charge is 0.384 e. The zero-order valence-electron chi connectivity index (χ0n) is 13.9. The first-order valence-corrected chi connectivity index (χ1v) is 10.3. The van der Waals surface area contributed by atoms with Gasteiger partial charge in [0.25, 0.3) is 5.91 Å². The monoisotopic (exact) mass is 366 g/mol. The third-order valence-corrected chi connectivity index (χ3v) is 6.44. The first-order chi connectivity index (χ1) is 12.2. The Morgan fingerprint density at radius 2 is 2.04 bits per heavy atom. The van der Waals surface area contributed by atoms with E-state index in [9.17, 15) is 4.79 Å². The summed E-state index contributed by atoms with van der Waals surface area (Å²) in [5.74, 6) is 0.386. The van der Waals surface area contributed by atoms with Crippen LogP contribution >= 0.6 is 23.5 Å². The standard InChI is InChI=1S/C20H18N2OS2/c1-24-20-22-19(23)18(25-20)11-14-8-6-13(7-9-14)10-15-12-21-17-5-3-2-4-16(15)17/h2-9,11,15,21H,10,12H2,1H3. The molecule has 0 radical (unpaired) electrons. The van der Waals surface area contributed by atoms with Gasteiger partial charge in [-0.25, -0.2) is 0 Å². The van der Waals surface area contributed by atoms with Crippen LogP contribution in [0.15, 0.2) is 58.4 Å². The number of thioether (sulfide) groups is 2. The number of nitrogens with zero attached hydrogens (tertiary/aromatic N) is 1. The Bertz CT molecular complexity index is 872. The number of hydrogen-bond donors (Lipinski definition) is 1. The molecule has 126 valence electrons. The van der Waals surface area contributed by atoms with Gasteiger partial charge in [0.05, 0.1) is 4.91 Å². The van der Waals surface area contributed by atoms with Crippen molar-refractivity contribution < 1.29 is 4.79 Å². The number of hydrogen-bond acceptors (Lipinski definition) is 4. The minimum absolute atomic E-state index is 0.132. The Morgan fingerprint density at radius 3 is 2.80 bits per heavy atom. The maximum Gasteiger partial charge on any atom is 0.285 e. The number of amides is 1. The smallest absolute Gasteiger partial charge is 0.285 e. The second-order valence-corrected chi connectivity index (χ2v) is 8.19. The Kier molecular flexibility index (Phi) is 4.68. The molecule has 1 N–H and O–H groups in total. The molecule has 0 saturated heterocycles. The number of nitrogens with one attached hydrogen (secondary N) is 1. The van der Waals surface area contributed by atoms with Gasteiger partial charge in [-0.1, -0.05) is 54.2 Å². The molecule has 1 atom stereocenters. The summed E-state index contributed by atoms with van der Waals surface area (Å²) < 4.78 is 0.820. The molecule has 2 aliphatic heterocycles. The van der Waals surface area contributed by atoms with E-state index in [2.05, 4.69) is 58.8 Å². The lowest BCUT2D eigenvalue weighted by molar-refractivity contribution is -0.113. The predicted octanol–water partition coefficient (Wildman–Crippen LogP) is 4.77. The van der Waals surface area contributed by atoms with Crippen molar-refractivity contribution in [2.45, 2.75) is 12.3 Å². The third kappa shape index (κ3) is 3.53. The molecule has 2 aromatic carbocycles. The molecule has 0 saturated carbocycles. The number of anilines is 1. The van der Waals surface area contributed by atoms with Crippen LogP contribution in [-0.4, -0.2) is 23.1 Å². The van der Waals surface area contributed by atoms with Gasteiger partial charge in [-0.15, -0.1) is 11.8 Å². The van der Waals surface area contributed by atoms with Crippen molar-refractivity contribution >= 4 is 45.6 Å². The van der Waals surface area contributed by atoms with Crippen molar-refractivity contribution in [3.8, 4) is 0 Å². The van der Waals surface area contributed by atoms with Gasteiger partial charge in [0, 0.05) is 18.2 Å². The highest BCUT2D eigenvalue weighted by Gasteiger charge is 2.22. The fourth-order valence-corrected chi connectivity index (χ4v) is 4.62. The van der Waals surface area contributed by atoms with Crippen LogP contribution in [0.1, 0.15) is 22.6 Å². The second kappa shape index (κ2) is 7.10. The normalized spacial score (nSPS) is 20.5. The lowest BCUT2D eigenvalue weighted by atomic mass is 9.93. The van der Waals surface area contributed by atoms with Gasteiger partial charge in [0.1, 0.15) is 4.38 Å². The van der Waals surface area contributed by atoms with Crippen molar-refractivity contribution in [2.24, 2.45) is 4.99 Å². The molecule has 1 amide bonds. The summed E-state index contributed by atoms with van der Waals surface area (Å²) in [5, 5.41) is 3.48. The van der Waals surface area contributed by atoms with E-state index in [1.807, 2.05) is 12.3 Å². The number of benzene rings is 2. The SMILES string of the molecule is CSC1=NC(=O)C(=Cc2ccc(CC3CNc4ccccc43)cc2)S1. The Hall–Kier alpha value is -1.98. The lowest BCUT2D eigenvalue weighted by Crippen LogP contribution is -2.05. The second-order valence-electron chi connectivity index (χ2n) is 6.11. The molecule has 2 heterocycles. The van der Waals surface area contributed by atoms with Crippen LogP contribution in [0.4, 0.5) is 5.69 Å². The number of aliphatic imine (C=N–C) groups is 1. The van der Waals surface area contributed by atoms with Crippen LogP contribution in [0.25, 0.3) is 6.08 Å². The quantitative estimate of drug-likeness (QED) is 0.795. The highest BCUT2D eigenvalue weighted by Crippen LogP contribution is 2.34. The maximum absolute atomic E-state index is 11.9. The van der Waals surface area contributed by atoms with Crippen molar-refractivity contribution in [3.63, 3.8) is 0 Å². The highest BCUT2D eigenvalue weighted by atomic mass is 32.2. The van der Waals surface area contributed by atoms with E-state index in [0.717, 1.165) is 22.9 Å². The average Bonchev–Trinajstić information content (AvgIpc) is 3.21. The third-order valence-electron chi connectivity index (χ3n) is 4.47. The summed E-state index contributed by atoms with van der Waals surface area (Å²) in [5.41, 5.74) is 5.03. The minimum atomic E-state index is -0.132. The molecular weight excluding hydrogens is 348 g/mol. The molecule has 2 aliphatic rings. The van der Waals surface area contributed by atoms with E-state index in [0.29, 0.717) is 10.8 Å². The molecule has 4 rings (SSSR count). The van der Waals surface area contributed by atoms with Gasteiger partial charge in [-0.2, -0.15) is 4.99 Å². The number of rotatable bonds is 3. The van der Waals surface area contributed by atoms with E-state index in [1.54, 1.807) is 0 Å². The van der Waals surface area contributed by atoms with Gasteiger partial charge in [-0.3, -0.25) is 4.79 Å². The molecule has 2 aromatic rings. The molecule has 25 heavy (non-hydrogen) atoms. The first kappa shape index (κ1) is 16.5. The van der Waals surface area contributed by atoms with Crippen LogP contribution < -0.4 is 5.32 Å². The van der Waals surface area contributed by atoms with E-state index < -0.39 is 0 Å². The Labute approximate surface area is 156 Å².